The van der Waals surface area contributed by atoms with Crippen LogP contribution in [-0.2, 0) is 4.79 Å². The van der Waals surface area contributed by atoms with Gasteiger partial charge in [-0.1, -0.05) is 12.5 Å². The molecule has 1 aromatic rings. The Morgan fingerprint density at radius 3 is 2.68 bits per heavy atom. The molecular weight excluding hydrogens is 312 g/mol. The Morgan fingerprint density at radius 1 is 1.28 bits per heavy atom. The van der Waals surface area contributed by atoms with Crippen molar-refractivity contribution < 1.29 is 4.79 Å². The average Bonchev–Trinajstić information content (AvgIpc) is 3.05. The van der Waals surface area contributed by atoms with Crippen LogP contribution in [0.25, 0.3) is 0 Å². The van der Waals surface area contributed by atoms with Gasteiger partial charge in [0.2, 0.25) is 5.91 Å². The van der Waals surface area contributed by atoms with Crippen molar-refractivity contribution in [3.05, 3.63) is 24.4 Å². The van der Waals surface area contributed by atoms with Gasteiger partial charge in [-0.05, 0) is 56.6 Å². The number of aromatic nitrogens is 1. The molecule has 3 rings (SSSR count). The second-order valence-corrected chi connectivity index (χ2v) is 7.61. The topological polar surface area (TPSA) is 62.5 Å². The van der Waals surface area contributed by atoms with Gasteiger partial charge >= 0.3 is 0 Å². The van der Waals surface area contributed by atoms with Crippen LogP contribution in [0, 0.1) is 11.8 Å². The highest BCUT2D eigenvalue weighted by Crippen LogP contribution is 2.28. The van der Waals surface area contributed by atoms with Gasteiger partial charge < -0.3 is 15.5 Å². The van der Waals surface area contributed by atoms with E-state index < -0.39 is 0 Å². The highest BCUT2D eigenvalue weighted by Gasteiger charge is 2.29. The van der Waals surface area contributed by atoms with Gasteiger partial charge in [-0.15, -0.1) is 0 Å². The minimum Gasteiger partial charge on any atom is -0.357 e. The Balaban J connectivity index is 1.47. The molecule has 1 aromatic heterocycles. The average molecular weight is 345 g/mol. The number of rotatable bonds is 6. The molecule has 1 amide bonds. The van der Waals surface area contributed by atoms with Gasteiger partial charge in [0.25, 0.3) is 0 Å². The lowest BCUT2D eigenvalue weighted by molar-refractivity contribution is -0.132. The van der Waals surface area contributed by atoms with Crippen molar-refractivity contribution >= 4 is 11.7 Å². The van der Waals surface area contributed by atoms with E-state index in [1.54, 1.807) is 0 Å². The molecule has 1 aliphatic heterocycles. The van der Waals surface area contributed by atoms with Crippen LogP contribution >= 0.6 is 0 Å². The third-order valence-electron chi connectivity index (χ3n) is 5.96. The summed E-state index contributed by atoms with van der Waals surface area (Å²) in [4.78, 5) is 21.5. The summed E-state index contributed by atoms with van der Waals surface area (Å²) in [6, 6.07) is 6.30. The van der Waals surface area contributed by atoms with Gasteiger partial charge in [-0.25, -0.2) is 4.98 Å². The summed E-state index contributed by atoms with van der Waals surface area (Å²) in [5.41, 5.74) is 6.14. The zero-order valence-electron chi connectivity index (χ0n) is 15.4. The Labute approximate surface area is 151 Å². The summed E-state index contributed by atoms with van der Waals surface area (Å²) in [7, 11) is 0. The van der Waals surface area contributed by atoms with Gasteiger partial charge in [-0.3, -0.25) is 4.79 Å². The molecule has 0 spiro atoms. The molecule has 1 saturated carbocycles. The first kappa shape index (κ1) is 18.2. The number of carbonyl (C=O) groups excluding carboxylic acids is 1. The monoisotopic (exact) mass is 344 g/mol. The molecule has 0 aromatic carbocycles. The second kappa shape index (κ2) is 8.65. The maximum Gasteiger partial charge on any atom is 0.222 e. The molecule has 25 heavy (non-hydrogen) atoms. The third-order valence-corrected chi connectivity index (χ3v) is 5.96. The highest BCUT2D eigenvalue weighted by atomic mass is 16.2. The minimum absolute atomic E-state index is 0.226. The van der Waals surface area contributed by atoms with Gasteiger partial charge in [0, 0.05) is 44.8 Å². The van der Waals surface area contributed by atoms with Crippen molar-refractivity contribution in [2.45, 2.75) is 51.5 Å². The van der Waals surface area contributed by atoms with E-state index in [1.165, 1.54) is 6.42 Å². The fraction of sp³-hybridized carbons (Fsp3) is 0.700. The third kappa shape index (κ3) is 4.72. The first-order chi connectivity index (χ1) is 12.2. The molecule has 2 aliphatic rings. The first-order valence-electron chi connectivity index (χ1n) is 9.86. The van der Waals surface area contributed by atoms with Crippen LogP contribution in [0.2, 0.25) is 0 Å². The van der Waals surface area contributed by atoms with E-state index in [-0.39, 0.29) is 6.04 Å². The molecule has 138 valence electrons. The zero-order valence-corrected chi connectivity index (χ0v) is 15.4. The van der Waals surface area contributed by atoms with Crippen molar-refractivity contribution in [1.82, 2.24) is 9.88 Å². The fourth-order valence-electron chi connectivity index (χ4n) is 4.28. The maximum atomic E-state index is 12.7. The van der Waals surface area contributed by atoms with E-state index in [0.717, 1.165) is 57.7 Å². The summed E-state index contributed by atoms with van der Waals surface area (Å²) < 4.78 is 0. The van der Waals surface area contributed by atoms with Gasteiger partial charge in [-0.2, -0.15) is 0 Å². The molecule has 1 aliphatic carbocycles. The lowest BCUT2D eigenvalue weighted by atomic mass is 9.95. The number of hydrogen-bond acceptors (Lipinski definition) is 4. The molecular formula is C20H32N4O. The number of nitrogens with two attached hydrogens (primary N) is 1. The van der Waals surface area contributed by atoms with Gasteiger partial charge in [0.1, 0.15) is 5.82 Å². The number of hydrogen-bond donors (Lipinski definition) is 1. The SMILES string of the molecule is CCN(CC1CCN(c2ccccn2)CC1)C(=O)C[C@@H]1CCC[C@H]1N. The van der Waals surface area contributed by atoms with E-state index in [2.05, 4.69) is 27.8 Å². The lowest BCUT2D eigenvalue weighted by Crippen LogP contribution is -2.42. The van der Waals surface area contributed by atoms with Crippen LogP contribution in [0.5, 0.6) is 0 Å². The van der Waals surface area contributed by atoms with Gasteiger partial charge in [0.05, 0.1) is 0 Å². The lowest BCUT2D eigenvalue weighted by Gasteiger charge is -2.35. The van der Waals surface area contributed by atoms with Crippen LogP contribution < -0.4 is 10.6 Å². The van der Waals surface area contributed by atoms with E-state index >= 15 is 0 Å². The standard InChI is InChI=1S/C20H32N4O/c1-2-23(20(25)14-17-6-5-7-18(17)21)15-16-9-12-24(13-10-16)19-8-3-4-11-22-19/h3-4,8,11,16-18H,2,5-7,9-10,12-15,21H2,1H3/t17-,18+/m0/s1. The number of pyridine rings is 1. The molecule has 5 heteroatoms. The molecule has 0 unspecified atom stereocenters. The summed E-state index contributed by atoms with van der Waals surface area (Å²) >= 11 is 0. The Hall–Kier alpha value is -1.62. The molecule has 2 heterocycles. The summed E-state index contributed by atoms with van der Waals surface area (Å²) in [5.74, 6) is 2.37. The number of piperidine rings is 1. The smallest absolute Gasteiger partial charge is 0.222 e. The van der Waals surface area contributed by atoms with E-state index in [4.69, 9.17) is 5.73 Å². The largest absolute Gasteiger partial charge is 0.357 e. The second-order valence-electron chi connectivity index (χ2n) is 7.61. The van der Waals surface area contributed by atoms with E-state index in [9.17, 15) is 4.79 Å². The van der Waals surface area contributed by atoms with E-state index in [1.807, 2.05) is 18.3 Å². The van der Waals surface area contributed by atoms with Crippen LogP contribution in [0.3, 0.4) is 0 Å². The van der Waals surface area contributed by atoms with Crippen LogP contribution in [0.4, 0.5) is 5.82 Å². The van der Waals surface area contributed by atoms with Crippen molar-refractivity contribution in [1.29, 1.82) is 0 Å². The molecule has 2 N–H and O–H groups in total. The van der Waals surface area contributed by atoms with Gasteiger partial charge in [0.15, 0.2) is 0 Å². The highest BCUT2D eigenvalue weighted by molar-refractivity contribution is 5.76. The fourth-order valence-corrected chi connectivity index (χ4v) is 4.28. The number of anilines is 1. The van der Waals surface area contributed by atoms with Crippen LogP contribution in [-0.4, -0.2) is 48.0 Å². The summed E-state index contributed by atoms with van der Waals surface area (Å²) in [6.07, 6.45) is 8.13. The van der Waals surface area contributed by atoms with Crippen molar-refractivity contribution in [2.24, 2.45) is 17.6 Å². The molecule has 1 saturated heterocycles. The summed E-state index contributed by atoms with van der Waals surface area (Å²) in [5, 5.41) is 0. The molecule has 5 nitrogen and oxygen atoms in total. The number of nitrogens with zero attached hydrogens (tertiary/aromatic N) is 3. The Bertz CT molecular complexity index is 542. The maximum absolute atomic E-state index is 12.7. The predicted molar refractivity (Wildman–Crippen MR) is 101 cm³/mol. The quantitative estimate of drug-likeness (QED) is 0.862. The van der Waals surface area contributed by atoms with Crippen molar-refractivity contribution in [3.8, 4) is 0 Å². The Morgan fingerprint density at radius 2 is 2.08 bits per heavy atom. The van der Waals surface area contributed by atoms with Crippen molar-refractivity contribution in [2.75, 3.05) is 31.1 Å². The van der Waals surface area contributed by atoms with Crippen molar-refractivity contribution in [3.63, 3.8) is 0 Å². The number of carbonyl (C=O) groups is 1. The minimum atomic E-state index is 0.226. The zero-order chi connectivity index (χ0) is 17.6. The predicted octanol–water partition coefficient (Wildman–Crippen LogP) is 2.66. The summed E-state index contributed by atoms with van der Waals surface area (Å²) in [6.45, 7) is 5.85. The number of amides is 1. The Kier molecular flexibility index (Phi) is 6.29. The molecule has 0 bridgehead atoms. The first-order valence-corrected chi connectivity index (χ1v) is 9.86. The van der Waals surface area contributed by atoms with E-state index in [0.29, 0.717) is 24.2 Å². The normalized spacial score (nSPS) is 24.5. The molecule has 0 radical (unpaired) electrons. The molecule has 2 fully saturated rings. The van der Waals surface area contributed by atoms with Crippen LogP contribution in [0.15, 0.2) is 24.4 Å². The van der Waals surface area contributed by atoms with Crippen LogP contribution in [0.1, 0.15) is 45.4 Å². The molecule has 2 atom stereocenters.